The van der Waals surface area contributed by atoms with Crippen LogP contribution in [-0.2, 0) is 0 Å². The number of anilines is 1. The summed E-state index contributed by atoms with van der Waals surface area (Å²) in [5.41, 5.74) is 5.19. The molecule has 1 aliphatic rings. The summed E-state index contributed by atoms with van der Waals surface area (Å²) in [5, 5.41) is 5.59. The standard InChI is InChI=1S/C13H16Cl2N2/c1-9-4-2-3-5-13(9)17-16-10-6-7-11(14)12(15)8-10/h6-9,16H,2-5H2,1H3/b17-13-/t9-/m0/s1. The molecule has 0 bridgehead atoms. The smallest absolute Gasteiger partial charge is 0.0613 e. The highest BCUT2D eigenvalue weighted by Crippen LogP contribution is 2.26. The van der Waals surface area contributed by atoms with E-state index in [0.717, 1.165) is 12.1 Å². The first-order chi connectivity index (χ1) is 8.16. The van der Waals surface area contributed by atoms with Crippen molar-refractivity contribution in [3.05, 3.63) is 28.2 Å². The summed E-state index contributed by atoms with van der Waals surface area (Å²) < 4.78 is 0. The van der Waals surface area contributed by atoms with Gasteiger partial charge in [-0.25, -0.2) is 0 Å². The number of nitrogens with zero attached hydrogens (tertiary/aromatic N) is 1. The molecule has 0 spiro atoms. The lowest BCUT2D eigenvalue weighted by Gasteiger charge is -2.20. The first-order valence-electron chi connectivity index (χ1n) is 5.94. The number of nitrogens with one attached hydrogen (secondary N) is 1. The average Bonchev–Trinajstić information content (AvgIpc) is 2.32. The Kier molecular flexibility index (Phi) is 4.30. The second-order valence-electron chi connectivity index (χ2n) is 4.49. The van der Waals surface area contributed by atoms with Crippen LogP contribution in [0, 0.1) is 5.92 Å². The summed E-state index contributed by atoms with van der Waals surface area (Å²) in [6, 6.07) is 5.45. The lowest BCUT2D eigenvalue weighted by molar-refractivity contribution is 0.558. The first kappa shape index (κ1) is 12.7. The summed E-state index contributed by atoms with van der Waals surface area (Å²) in [6.07, 6.45) is 4.89. The molecule has 4 heteroatoms. The quantitative estimate of drug-likeness (QED) is 0.754. The van der Waals surface area contributed by atoms with E-state index in [9.17, 15) is 0 Å². The molecule has 0 aliphatic heterocycles. The fourth-order valence-corrected chi connectivity index (χ4v) is 2.34. The van der Waals surface area contributed by atoms with Crippen LogP contribution in [0.25, 0.3) is 0 Å². The highest BCUT2D eigenvalue weighted by molar-refractivity contribution is 6.42. The summed E-state index contributed by atoms with van der Waals surface area (Å²) in [7, 11) is 0. The number of benzene rings is 1. The number of hydrazone groups is 1. The molecule has 0 radical (unpaired) electrons. The van der Waals surface area contributed by atoms with Crippen LogP contribution in [0.1, 0.15) is 32.6 Å². The van der Waals surface area contributed by atoms with E-state index in [4.69, 9.17) is 23.2 Å². The van der Waals surface area contributed by atoms with Crippen molar-refractivity contribution in [2.45, 2.75) is 32.6 Å². The molecule has 0 unspecified atom stereocenters. The highest BCUT2D eigenvalue weighted by Gasteiger charge is 2.15. The maximum Gasteiger partial charge on any atom is 0.0613 e. The number of hydrogen-bond acceptors (Lipinski definition) is 2. The third-order valence-electron chi connectivity index (χ3n) is 3.14. The van der Waals surface area contributed by atoms with Crippen molar-refractivity contribution in [2.75, 3.05) is 5.43 Å². The third kappa shape index (κ3) is 3.36. The van der Waals surface area contributed by atoms with E-state index < -0.39 is 0 Å². The Balaban J connectivity index is 2.05. The van der Waals surface area contributed by atoms with E-state index in [0.29, 0.717) is 16.0 Å². The van der Waals surface area contributed by atoms with Crippen LogP contribution in [-0.4, -0.2) is 5.71 Å². The van der Waals surface area contributed by atoms with Crippen molar-refractivity contribution < 1.29 is 0 Å². The molecule has 1 aromatic carbocycles. The van der Waals surface area contributed by atoms with Gasteiger partial charge >= 0.3 is 0 Å². The molecule has 1 N–H and O–H groups in total. The molecule has 0 saturated heterocycles. The van der Waals surface area contributed by atoms with Gasteiger partial charge in [0.2, 0.25) is 0 Å². The Morgan fingerprint density at radius 3 is 2.76 bits per heavy atom. The van der Waals surface area contributed by atoms with Crippen LogP contribution in [0.15, 0.2) is 23.3 Å². The average molecular weight is 271 g/mol. The van der Waals surface area contributed by atoms with E-state index >= 15 is 0 Å². The highest BCUT2D eigenvalue weighted by atomic mass is 35.5. The molecule has 0 aromatic heterocycles. The van der Waals surface area contributed by atoms with E-state index in [2.05, 4.69) is 17.5 Å². The molecule has 1 aliphatic carbocycles. The predicted octanol–water partition coefficient (Wildman–Crippen LogP) is 4.97. The van der Waals surface area contributed by atoms with Crippen molar-refractivity contribution in [3.8, 4) is 0 Å². The second kappa shape index (κ2) is 5.74. The molecule has 92 valence electrons. The second-order valence-corrected chi connectivity index (χ2v) is 5.31. The Morgan fingerprint density at radius 2 is 2.06 bits per heavy atom. The van der Waals surface area contributed by atoms with Gasteiger partial charge in [0.15, 0.2) is 0 Å². The number of halogens is 2. The molecule has 1 atom stereocenters. The van der Waals surface area contributed by atoms with Gasteiger partial charge in [0.1, 0.15) is 0 Å². The lowest BCUT2D eigenvalue weighted by atomic mass is 9.89. The molecular formula is C13H16Cl2N2. The summed E-state index contributed by atoms with van der Waals surface area (Å²) in [6.45, 7) is 2.23. The Bertz CT molecular complexity index is 429. The Hall–Kier alpha value is -0.730. The molecular weight excluding hydrogens is 255 g/mol. The van der Waals surface area contributed by atoms with Gasteiger partial charge in [-0.1, -0.05) is 36.5 Å². The summed E-state index contributed by atoms with van der Waals surface area (Å²) in [4.78, 5) is 0. The van der Waals surface area contributed by atoms with E-state index in [-0.39, 0.29) is 0 Å². The normalized spacial score (nSPS) is 22.8. The minimum absolute atomic E-state index is 0.550. The summed E-state index contributed by atoms with van der Waals surface area (Å²) in [5.74, 6) is 0.582. The zero-order valence-electron chi connectivity index (χ0n) is 9.84. The maximum absolute atomic E-state index is 5.94. The predicted molar refractivity (Wildman–Crippen MR) is 75.2 cm³/mol. The van der Waals surface area contributed by atoms with Gasteiger partial charge < -0.3 is 0 Å². The van der Waals surface area contributed by atoms with Crippen molar-refractivity contribution in [2.24, 2.45) is 11.0 Å². The molecule has 2 rings (SSSR count). The minimum Gasteiger partial charge on any atom is -0.279 e. The fourth-order valence-electron chi connectivity index (χ4n) is 2.04. The molecule has 1 aromatic rings. The largest absolute Gasteiger partial charge is 0.279 e. The van der Waals surface area contributed by atoms with Gasteiger partial charge in [-0.15, -0.1) is 0 Å². The molecule has 0 amide bonds. The van der Waals surface area contributed by atoms with Crippen LogP contribution in [0.2, 0.25) is 10.0 Å². The SMILES string of the molecule is C[C@H]1CCCC/C1=N/Nc1ccc(Cl)c(Cl)c1. The van der Waals surface area contributed by atoms with Gasteiger partial charge in [0, 0.05) is 5.71 Å². The molecule has 1 saturated carbocycles. The van der Waals surface area contributed by atoms with Crippen molar-refractivity contribution in [3.63, 3.8) is 0 Å². The first-order valence-corrected chi connectivity index (χ1v) is 6.70. The van der Waals surface area contributed by atoms with Crippen LogP contribution >= 0.6 is 23.2 Å². The number of hydrogen-bond donors (Lipinski definition) is 1. The Labute approximate surface area is 112 Å². The number of rotatable bonds is 2. The van der Waals surface area contributed by atoms with E-state index in [1.54, 1.807) is 12.1 Å². The van der Waals surface area contributed by atoms with Crippen molar-refractivity contribution >= 4 is 34.6 Å². The Morgan fingerprint density at radius 1 is 1.24 bits per heavy atom. The van der Waals surface area contributed by atoms with E-state index in [1.165, 1.54) is 25.0 Å². The van der Waals surface area contributed by atoms with Crippen LogP contribution in [0.4, 0.5) is 5.69 Å². The van der Waals surface area contributed by atoms with Crippen molar-refractivity contribution in [1.29, 1.82) is 0 Å². The zero-order valence-corrected chi connectivity index (χ0v) is 11.4. The van der Waals surface area contributed by atoms with Gasteiger partial charge in [0.25, 0.3) is 0 Å². The molecule has 2 nitrogen and oxygen atoms in total. The van der Waals surface area contributed by atoms with Gasteiger partial charge in [0.05, 0.1) is 15.7 Å². The van der Waals surface area contributed by atoms with Gasteiger partial charge in [-0.3, -0.25) is 5.43 Å². The topological polar surface area (TPSA) is 24.4 Å². The lowest BCUT2D eigenvalue weighted by Crippen LogP contribution is -2.17. The molecule has 1 fully saturated rings. The fraction of sp³-hybridized carbons (Fsp3) is 0.462. The molecule has 17 heavy (non-hydrogen) atoms. The zero-order chi connectivity index (χ0) is 12.3. The third-order valence-corrected chi connectivity index (χ3v) is 3.88. The minimum atomic E-state index is 0.550. The van der Waals surface area contributed by atoms with Crippen LogP contribution in [0.5, 0.6) is 0 Å². The molecule has 0 heterocycles. The van der Waals surface area contributed by atoms with Crippen LogP contribution in [0.3, 0.4) is 0 Å². The monoisotopic (exact) mass is 270 g/mol. The van der Waals surface area contributed by atoms with Gasteiger partial charge in [-0.05, 0) is 43.4 Å². The maximum atomic E-state index is 5.94. The van der Waals surface area contributed by atoms with Gasteiger partial charge in [-0.2, -0.15) is 5.10 Å². The summed E-state index contributed by atoms with van der Waals surface area (Å²) >= 11 is 11.8. The van der Waals surface area contributed by atoms with Crippen LogP contribution < -0.4 is 5.43 Å². The van der Waals surface area contributed by atoms with Crippen molar-refractivity contribution in [1.82, 2.24) is 0 Å². The van der Waals surface area contributed by atoms with E-state index in [1.807, 2.05) is 6.07 Å².